The molecular formula is C18H19BrN2O3. The van der Waals surface area contributed by atoms with Gasteiger partial charge in [-0.3, -0.25) is 4.79 Å². The third-order valence-corrected chi connectivity index (χ3v) is 3.76. The van der Waals surface area contributed by atoms with Crippen molar-refractivity contribution in [1.29, 1.82) is 0 Å². The van der Waals surface area contributed by atoms with E-state index < -0.39 is 0 Å². The second kappa shape index (κ2) is 9.08. The number of hydrogen-bond acceptors (Lipinski definition) is 4. The predicted octanol–water partition coefficient (Wildman–Crippen LogP) is 4.01. The molecule has 0 spiro atoms. The van der Waals surface area contributed by atoms with E-state index in [0.29, 0.717) is 30.3 Å². The van der Waals surface area contributed by atoms with Crippen LogP contribution in [0.5, 0.6) is 11.5 Å². The van der Waals surface area contributed by atoms with Gasteiger partial charge in [0.05, 0.1) is 25.0 Å². The third-order valence-electron chi connectivity index (χ3n) is 3.07. The summed E-state index contributed by atoms with van der Waals surface area (Å²) in [6, 6.07) is 12.7. The van der Waals surface area contributed by atoms with Gasteiger partial charge in [0.2, 0.25) is 0 Å². The molecule has 2 aromatic carbocycles. The first-order valence-electron chi connectivity index (χ1n) is 7.63. The Morgan fingerprint density at radius 1 is 1.12 bits per heavy atom. The highest BCUT2D eigenvalue weighted by Crippen LogP contribution is 2.28. The first-order valence-corrected chi connectivity index (χ1v) is 8.42. The van der Waals surface area contributed by atoms with Crippen LogP contribution in [0.1, 0.15) is 29.8 Å². The lowest BCUT2D eigenvalue weighted by atomic mass is 10.2. The van der Waals surface area contributed by atoms with Crippen molar-refractivity contribution < 1.29 is 14.3 Å². The largest absolute Gasteiger partial charge is 0.490 e. The number of hydrogen-bond donors (Lipinski definition) is 1. The standard InChI is InChI=1S/C18H19BrN2O3/c1-3-23-16-10-9-13(11-17(16)24-4-2)12-20-21-18(22)14-7-5-6-8-15(14)19/h5-12H,3-4H2,1-2H3,(H,21,22)/b20-12-. The average Bonchev–Trinajstić information content (AvgIpc) is 2.58. The quantitative estimate of drug-likeness (QED) is 0.573. The van der Waals surface area contributed by atoms with Crippen molar-refractivity contribution in [1.82, 2.24) is 5.43 Å². The first-order chi connectivity index (χ1) is 11.7. The maximum Gasteiger partial charge on any atom is 0.272 e. The van der Waals surface area contributed by atoms with Crippen molar-refractivity contribution in [2.45, 2.75) is 13.8 Å². The molecule has 0 bridgehead atoms. The fourth-order valence-electron chi connectivity index (χ4n) is 2.02. The van der Waals surface area contributed by atoms with Crippen LogP contribution in [-0.2, 0) is 0 Å². The van der Waals surface area contributed by atoms with E-state index in [0.717, 1.165) is 10.0 Å². The minimum atomic E-state index is -0.283. The normalized spacial score (nSPS) is 10.6. The van der Waals surface area contributed by atoms with Gasteiger partial charge in [-0.05, 0) is 65.7 Å². The Morgan fingerprint density at radius 3 is 2.54 bits per heavy atom. The zero-order valence-corrected chi connectivity index (χ0v) is 15.2. The van der Waals surface area contributed by atoms with E-state index in [4.69, 9.17) is 9.47 Å². The highest BCUT2D eigenvalue weighted by molar-refractivity contribution is 9.10. The molecule has 0 heterocycles. The van der Waals surface area contributed by atoms with Crippen molar-refractivity contribution in [2.24, 2.45) is 5.10 Å². The molecule has 1 amide bonds. The van der Waals surface area contributed by atoms with Crippen molar-refractivity contribution in [3.8, 4) is 11.5 Å². The molecule has 0 aliphatic heterocycles. The van der Waals surface area contributed by atoms with Crippen LogP contribution in [-0.4, -0.2) is 25.3 Å². The molecule has 2 rings (SSSR count). The van der Waals surface area contributed by atoms with E-state index in [1.54, 1.807) is 24.4 Å². The van der Waals surface area contributed by atoms with Crippen LogP contribution in [0.3, 0.4) is 0 Å². The molecule has 0 saturated heterocycles. The van der Waals surface area contributed by atoms with E-state index in [-0.39, 0.29) is 5.91 Å². The summed E-state index contributed by atoms with van der Waals surface area (Å²) in [4.78, 5) is 12.1. The second-order valence-electron chi connectivity index (χ2n) is 4.75. The summed E-state index contributed by atoms with van der Waals surface area (Å²) in [5, 5.41) is 3.99. The van der Waals surface area contributed by atoms with Crippen LogP contribution in [0.25, 0.3) is 0 Å². The summed E-state index contributed by atoms with van der Waals surface area (Å²) in [6.45, 7) is 4.94. The van der Waals surface area contributed by atoms with Gasteiger partial charge in [0.1, 0.15) is 0 Å². The number of benzene rings is 2. The minimum absolute atomic E-state index is 0.283. The van der Waals surface area contributed by atoms with Gasteiger partial charge in [0.25, 0.3) is 5.91 Å². The molecule has 0 aliphatic rings. The van der Waals surface area contributed by atoms with Gasteiger partial charge >= 0.3 is 0 Å². The molecule has 5 nitrogen and oxygen atoms in total. The maximum atomic E-state index is 12.1. The maximum absolute atomic E-state index is 12.1. The van der Waals surface area contributed by atoms with Crippen molar-refractivity contribution in [3.05, 3.63) is 58.1 Å². The number of ether oxygens (including phenoxy) is 2. The molecule has 0 unspecified atom stereocenters. The summed E-state index contributed by atoms with van der Waals surface area (Å²) in [5.74, 6) is 1.06. The number of carbonyl (C=O) groups excluding carboxylic acids is 1. The van der Waals surface area contributed by atoms with Gasteiger partial charge < -0.3 is 9.47 Å². The Hall–Kier alpha value is -2.34. The number of carbonyl (C=O) groups is 1. The molecule has 0 saturated carbocycles. The van der Waals surface area contributed by atoms with E-state index in [1.165, 1.54) is 0 Å². The predicted molar refractivity (Wildman–Crippen MR) is 98.0 cm³/mol. The molecule has 2 aromatic rings. The van der Waals surface area contributed by atoms with Crippen molar-refractivity contribution in [3.63, 3.8) is 0 Å². The van der Waals surface area contributed by atoms with Crippen LogP contribution in [0.2, 0.25) is 0 Å². The highest BCUT2D eigenvalue weighted by atomic mass is 79.9. The number of amides is 1. The Balaban J connectivity index is 2.07. The monoisotopic (exact) mass is 390 g/mol. The van der Waals surface area contributed by atoms with Crippen LogP contribution in [0.4, 0.5) is 0 Å². The van der Waals surface area contributed by atoms with Gasteiger partial charge in [0.15, 0.2) is 11.5 Å². The van der Waals surface area contributed by atoms with E-state index in [2.05, 4.69) is 26.5 Å². The molecular weight excluding hydrogens is 372 g/mol. The SMILES string of the molecule is CCOc1ccc(/C=N\NC(=O)c2ccccc2Br)cc1OCC. The smallest absolute Gasteiger partial charge is 0.272 e. The van der Waals surface area contributed by atoms with Crippen molar-refractivity contribution in [2.75, 3.05) is 13.2 Å². The summed E-state index contributed by atoms with van der Waals surface area (Å²) < 4.78 is 11.8. The van der Waals surface area contributed by atoms with Gasteiger partial charge in [0, 0.05) is 4.47 Å². The molecule has 6 heteroatoms. The second-order valence-corrected chi connectivity index (χ2v) is 5.61. The number of nitrogens with zero attached hydrogens (tertiary/aromatic N) is 1. The molecule has 1 N–H and O–H groups in total. The molecule has 24 heavy (non-hydrogen) atoms. The first kappa shape index (κ1) is 18.0. The Bertz CT molecular complexity index is 732. The average molecular weight is 391 g/mol. The van der Waals surface area contributed by atoms with E-state index >= 15 is 0 Å². The van der Waals surface area contributed by atoms with E-state index in [1.807, 2.05) is 38.1 Å². The Morgan fingerprint density at radius 2 is 1.83 bits per heavy atom. The zero-order valence-electron chi connectivity index (χ0n) is 13.6. The van der Waals surface area contributed by atoms with Crippen LogP contribution >= 0.6 is 15.9 Å². The van der Waals surface area contributed by atoms with E-state index in [9.17, 15) is 4.79 Å². The highest BCUT2D eigenvalue weighted by Gasteiger charge is 2.08. The topological polar surface area (TPSA) is 59.9 Å². The molecule has 126 valence electrons. The van der Waals surface area contributed by atoms with Crippen LogP contribution in [0, 0.1) is 0 Å². The molecule has 0 radical (unpaired) electrons. The fourth-order valence-corrected chi connectivity index (χ4v) is 2.48. The number of rotatable bonds is 7. The molecule has 0 atom stereocenters. The number of nitrogens with one attached hydrogen (secondary N) is 1. The summed E-state index contributed by atoms with van der Waals surface area (Å²) >= 11 is 3.34. The molecule has 0 aliphatic carbocycles. The summed E-state index contributed by atoms with van der Waals surface area (Å²) in [7, 11) is 0. The summed E-state index contributed by atoms with van der Waals surface area (Å²) in [6.07, 6.45) is 1.56. The van der Waals surface area contributed by atoms with Gasteiger partial charge in [-0.15, -0.1) is 0 Å². The lowest BCUT2D eigenvalue weighted by molar-refractivity contribution is 0.0954. The van der Waals surface area contributed by atoms with Crippen LogP contribution in [0.15, 0.2) is 52.0 Å². The van der Waals surface area contributed by atoms with Gasteiger partial charge in [-0.2, -0.15) is 5.10 Å². The zero-order chi connectivity index (χ0) is 17.4. The lowest BCUT2D eigenvalue weighted by Gasteiger charge is -2.11. The fraction of sp³-hybridized carbons (Fsp3) is 0.222. The summed E-state index contributed by atoms with van der Waals surface area (Å²) in [5.41, 5.74) is 3.83. The van der Waals surface area contributed by atoms with Crippen LogP contribution < -0.4 is 14.9 Å². The Kier molecular flexibility index (Phi) is 6.81. The van der Waals surface area contributed by atoms with Crippen molar-refractivity contribution >= 4 is 28.1 Å². The number of halogens is 1. The molecule has 0 fully saturated rings. The lowest BCUT2D eigenvalue weighted by Crippen LogP contribution is -2.18. The minimum Gasteiger partial charge on any atom is -0.490 e. The third kappa shape index (κ3) is 4.83. The van der Waals surface area contributed by atoms with Gasteiger partial charge in [-0.1, -0.05) is 12.1 Å². The van der Waals surface area contributed by atoms with Gasteiger partial charge in [-0.25, -0.2) is 5.43 Å². The molecule has 0 aromatic heterocycles. The Labute approximate surface area is 149 Å². The number of hydrazone groups is 1.